The molecule has 2 aromatic heterocycles. The monoisotopic (exact) mass is 706 g/mol. The van der Waals surface area contributed by atoms with Crippen LogP contribution in [0, 0.1) is 5.82 Å². The van der Waals surface area contributed by atoms with E-state index in [1.165, 1.54) is 46.9 Å². The fourth-order valence-electron chi connectivity index (χ4n) is 6.62. The lowest BCUT2D eigenvalue weighted by Gasteiger charge is -2.26. The maximum Gasteiger partial charge on any atom is 0.251 e. The Morgan fingerprint density at radius 1 is 1.02 bits per heavy atom. The van der Waals surface area contributed by atoms with Gasteiger partial charge in [0.15, 0.2) is 0 Å². The van der Waals surface area contributed by atoms with E-state index in [9.17, 15) is 17.6 Å². The first-order chi connectivity index (χ1) is 23.1. The number of nitrogens with one attached hydrogen (secondary N) is 1. The Bertz CT molecular complexity index is 2110. The van der Waals surface area contributed by atoms with E-state index in [2.05, 4.69) is 19.9 Å². The van der Waals surface area contributed by atoms with Gasteiger partial charge in [0.2, 0.25) is 10.0 Å². The van der Waals surface area contributed by atoms with Gasteiger partial charge >= 0.3 is 0 Å². The van der Waals surface area contributed by atoms with Crippen molar-refractivity contribution < 1.29 is 17.6 Å². The molecule has 5 aromatic rings. The highest BCUT2D eigenvalue weighted by molar-refractivity contribution is 7.88. The van der Waals surface area contributed by atoms with Crippen LogP contribution in [-0.4, -0.2) is 70.7 Å². The summed E-state index contributed by atoms with van der Waals surface area (Å²) in [6.07, 6.45) is 5.33. The Hall–Kier alpha value is -3.68. The molecule has 13 heteroatoms. The summed E-state index contributed by atoms with van der Waals surface area (Å²) in [4.78, 5) is 20.1. The topological polar surface area (TPSA) is 100 Å². The van der Waals surface area contributed by atoms with E-state index in [1.54, 1.807) is 18.2 Å². The molecule has 2 aliphatic heterocycles. The van der Waals surface area contributed by atoms with Gasteiger partial charge in [0.1, 0.15) is 10.8 Å². The zero-order valence-corrected chi connectivity index (χ0v) is 29.0. The van der Waals surface area contributed by atoms with Crippen molar-refractivity contribution in [3.8, 4) is 22.4 Å². The third-order valence-corrected chi connectivity index (χ3v) is 11.7. The average Bonchev–Trinajstić information content (AvgIpc) is 3.82. The van der Waals surface area contributed by atoms with Crippen LogP contribution in [0.15, 0.2) is 60.7 Å². The van der Waals surface area contributed by atoms with Gasteiger partial charge in [0.05, 0.1) is 28.7 Å². The van der Waals surface area contributed by atoms with Gasteiger partial charge in [0, 0.05) is 65.1 Å². The minimum Gasteiger partial charge on any atom is -0.346 e. The summed E-state index contributed by atoms with van der Waals surface area (Å²) in [5.41, 5.74) is 6.13. The van der Waals surface area contributed by atoms with Crippen LogP contribution in [0.1, 0.15) is 45.9 Å². The molecule has 7 rings (SSSR count). The largest absolute Gasteiger partial charge is 0.346 e. The van der Waals surface area contributed by atoms with Gasteiger partial charge in [-0.05, 0) is 80.9 Å². The first-order valence-electron chi connectivity index (χ1n) is 16.1. The number of carbonyl (C=O) groups is 1. The molecule has 0 unspecified atom stereocenters. The Labute approximate surface area is 288 Å². The van der Waals surface area contributed by atoms with Crippen LogP contribution in [0.3, 0.4) is 0 Å². The summed E-state index contributed by atoms with van der Waals surface area (Å²) in [6.45, 7) is 5.00. The third kappa shape index (κ3) is 7.04. The second-order valence-corrected chi connectivity index (χ2v) is 15.9. The van der Waals surface area contributed by atoms with Crippen molar-refractivity contribution in [2.24, 2.45) is 0 Å². The second-order valence-electron chi connectivity index (χ2n) is 12.4. The van der Waals surface area contributed by atoms with Gasteiger partial charge in [-0.2, -0.15) is 9.40 Å². The number of aryl methyl sites for hydroxylation is 1. The van der Waals surface area contributed by atoms with Crippen molar-refractivity contribution in [3.05, 3.63) is 93.3 Å². The zero-order valence-electron chi connectivity index (χ0n) is 26.6. The summed E-state index contributed by atoms with van der Waals surface area (Å²) in [5, 5.41) is 9.20. The molecule has 3 aromatic carbocycles. The Morgan fingerprint density at radius 3 is 2.67 bits per heavy atom. The van der Waals surface area contributed by atoms with E-state index < -0.39 is 10.0 Å². The molecule has 9 nitrogen and oxygen atoms in total. The number of benzene rings is 3. The number of rotatable bonds is 10. The molecule has 1 amide bonds. The number of halogens is 2. The van der Waals surface area contributed by atoms with Gasteiger partial charge in [-0.25, -0.2) is 17.8 Å². The van der Waals surface area contributed by atoms with Crippen LogP contribution in [0.25, 0.3) is 32.6 Å². The fourth-order valence-corrected chi connectivity index (χ4v) is 8.52. The molecule has 1 N–H and O–H groups in total. The number of carbonyl (C=O) groups excluding carboxylic acids is 1. The molecule has 4 heterocycles. The first kappa shape index (κ1) is 32.8. The predicted molar refractivity (Wildman–Crippen MR) is 188 cm³/mol. The number of hydrogen-bond donors (Lipinski definition) is 1. The minimum absolute atomic E-state index is 0.219. The number of thiazole rings is 1. The van der Waals surface area contributed by atoms with Crippen LogP contribution >= 0.6 is 22.9 Å². The van der Waals surface area contributed by atoms with Crippen LogP contribution in [0.5, 0.6) is 0 Å². The molecule has 1 fully saturated rings. The molecule has 0 saturated carbocycles. The molecule has 1 saturated heterocycles. The summed E-state index contributed by atoms with van der Waals surface area (Å²) in [7, 11) is -3.38. The van der Waals surface area contributed by atoms with Crippen LogP contribution in [0.4, 0.5) is 4.39 Å². The molecule has 0 atom stereocenters. The molecule has 250 valence electrons. The fraction of sp³-hybridized carbons (Fsp3) is 0.343. The number of likely N-dealkylation sites (tertiary alicyclic amines) is 1. The van der Waals surface area contributed by atoms with E-state index in [1.807, 2.05) is 30.3 Å². The van der Waals surface area contributed by atoms with Crippen LogP contribution < -0.4 is 5.32 Å². The second kappa shape index (κ2) is 13.7. The molecule has 0 spiro atoms. The van der Waals surface area contributed by atoms with E-state index in [4.69, 9.17) is 16.7 Å². The number of amides is 1. The molecule has 48 heavy (non-hydrogen) atoms. The van der Waals surface area contributed by atoms with Crippen molar-refractivity contribution in [2.75, 3.05) is 32.4 Å². The highest BCUT2D eigenvalue weighted by atomic mass is 35.5. The summed E-state index contributed by atoms with van der Waals surface area (Å²) in [5.74, 6) is -0.614. The van der Waals surface area contributed by atoms with Crippen LogP contribution in [0.2, 0.25) is 5.02 Å². The quantitative estimate of drug-likeness (QED) is 0.182. The van der Waals surface area contributed by atoms with E-state index in [0.29, 0.717) is 34.1 Å². The molecular formula is C35H36ClFN6O3S2. The van der Waals surface area contributed by atoms with Gasteiger partial charge in [0.25, 0.3) is 5.91 Å². The van der Waals surface area contributed by atoms with E-state index >= 15 is 0 Å². The molecule has 0 radical (unpaired) electrons. The van der Waals surface area contributed by atoms with Gasteiger partial charge < -0.3 is 10.2 Å². The maximum absolute atomic E-state index is 13.6. The van der Waals surface area contributed by atoms with E-state index in [0.717, 1.165) is 70.9 Å². The number of nitrogens with zero attached hydrogens (tertiary/aromatic N) is 5. The van der Waals surface area contributed by atoms with Crippen molar-refractivity contribution in [2.45, 2.75) is 45.3 Å². The lowest BCUT2D eigenvalue weighted by Crippen LogP contribution is -2.35. The van der Waals surface area contributed by atoms with Crippen molar-refractivity contribution >= 4 is 49.1 Å². The van der Waals surface area contributed by atoms with Crippen molar-refractivity contribution in [1.29, 1.82) is 0 Å². The van der Waals surface area contributed by atoms with Crippen LogP contribution in [-0.2, 0) is 36.1 Å². The van der Waals surface area contributed by atoms with Gasteiger partial charge in [-0.3, -0.25) is 9.48 Å². The lowest BCUT2D eigenvalue weighted by molar-refractivity contribution is 0.0951. The summed E-state index contributed by atoms with van der Waals surface area (Å²) >= 11 is 8.16. The third-order valence-electron chi connectivity index (χ3n) is 9.08. The highest BCUT2D eigenvalue weighted by Crippen LogP contribution is 2.36. The Morgan fingerprint density at radius 2 is 1.85 bits per heavy atom. The zero-order chi connectivity index (χ0) is 33.4. The standard InChI is InChI=1S/C35H36ClFN6O3S2/c1-48(45,46)42-17-12-31-28(22-42)34(40-43(31)16-5-15-41-13-2-3-14-41)24-8-10-29(36)27(19-24)23-6-4-7-25(18-23)35(44)38-21-33-39-30-20-26(37)9-11-32(30)47-33/h4,6-11,18-20H,2-3,5,12-17,21-22H2,1H3,(H,38,44). The summed E-state index contributed by atoms with van der Waals surface area (Å²) < 4.78 is 43.1. The first-order valence-corrected chi connectivity index (χ1v) is 19.2. The highest BCUT2D eigenvalue weighted by Gasteiger charge is 2.30. The predicted octanol–water partition coefficient (Wildman–Crippen LogP) is 6.35. The molecule has 0 bridgehead atoms. The maximum atomic E-state index is 13.6. The molecule has 2 aliphatic rings. The molecule has 0 aliphatic carbocycles. The van der Waals surface area contributed by atoms with Gasteiger partial charge in [-0.15, -0.1) is 11.3 Å². The number of aromatic nitrogens is 3. The number of hydrogen-bond acceptors (Lipinski definition) is 7. The summed E-state index contributed by atoms with van der Waals surface area (Å²) in [6, 6.07) is 17.4. The normalized spacial score (nSPS) is 15.6. The number of fused-ring (bicyclic) bond motifs is 2. The minimum atomic E-state index is -3.38. The SMILES string of the molecule is CS(=O)(=O)N1CCc2c(c(-c3ccc(Cl)c(-c4cccc(C(=O)NCc5nc6cc(F)ccc6s5)c4)c3)nn2CCCN2CCCC2)C1. The lowest BCUT2D eigenvalue weighted by atomic mass is 9.97. The number of sulfonamides is 1. The van der Waals surface area contributed by atoms with Crippen molar-refractivity contribution in [3.63, 3.8) is 0 Å². The Kier molecular flexibility index (Phi) is 9.36. The molecular weight excluding hydrogens is 671 g/mol. The van der Waals surface area contributed by atoms with Gasteiger partial charge in [-0.1, -0.05) is 29.8 Å². The average molecular weight is 707 g/mol. The smallest absolute Gasteiger partial charge is 0.251 e. The van der Waals surface area contributed by atoms with E-state index in [-0.39, 0.29) is 24.8 Å². The van der Waals surface area contributed by atoms with Crippen molar-refractivity contribution in [1.82, 2.24) is 29.3 Å². The Balaban J connectivity index is 1.14.